The van der Waals surface area contributed by atoms with Crippen LogP contribution in [0.15, 0.2) is 91.3 Å². The largest absolute Gasteiger partial charge is 0.456 e. The zero-order valence-corrected chi connectivity index (χ0v) is 40.7. The van der Waals surface area contributed by atoms with Crippen LogP contribution < -0.4 is 8.92 Å². The van der Waals surface area contributed by atoms with E-state index in [1.54, 1.807) is 0 Å². The molecule has 0 unspecified atom stereocenters. The molecule has 4 aromatic carbocycles. The van der Waals surface area contributed by atoms with Crippen LogP contribution in [0.25, 0.3) is 11.4 Å². The summed E-state index contributed by atoms with van der Waals surface area (Å²) in [7, 11) is -4.16. The van der Waals surface area contributed by atoms with Crippen molar-refractivity contribution < 1.29 is 69.6 Å². The second kappa shape index (κ2) is 24.4. The van der Waals surface area contributed by atoms with Crippen molar-refractivity contribution in [2.45, 2.75) is 98.1 Å². The molecule has 354 valence electrons. The molecule has 64 heavy (non-hydrogen) atoms. The SMILES string of the molecule is CC(C)c1cccc(C(C)C)c1-n1ccn(-c2c(C(C)C)cccc2C(C)C)[c]1=[Au][Br].F[C-](F)F.N#Cc1c(Oc2cccc(OS(=O)(=O)CCC[C-](F)F)c2)cccc1C(F)(F)F. The standard InChI is InChI=1S/C27H36N2.C18H13F5NO4S.CF3.Au.BrH/c1-18(2)22-11-9-12-23(19(3)4)26(22)28-15-16-29(17-28)27-24(20(5)6)13-10-14-25(27)21(7)8;19-17(20)8-3-9-29(25,26)28-13-5-1-4-12(10-13)27-16-7-2-6-15(14(16)11-24)18(21,22)23;2-1(3)4;;/h9-16,18-21H,1-8H3;1-2,4-7,10H,3,8-9H2;;;1H/q;2*-1;+1;/p-1. The molecule has 0 spiro atoms. The molecule has 0 saturated heterocycles. The first kappa shape index (κ1) is 54.1. The number of nitriles is 1. The normalized spacial score (nSPS) is 11.8. The molecule has 0 radical (unpaired) electrons. The fourth-order valence-electron chi connectivity index (χ4n) is 6.57. The number of rotatable bonds is 14. The molecule has 0 N–H and O–H groups in total. The summed E-state index contributed by atoms with van der Waals surface area (Å²) >= 11 is 3.73. The van der Waals surface area contributed by atoms with Gasteiger partial charge in [0.15, 0.2) is 6.68 Å². The van der Waals surface area contributed by atoms with E-state index in [2.05, 4.69) is 126 Å². The third-order valence-corrected chi connectivity index (χ3v) is 13.8. The molecule has 0 saturated carbocycles. The van der Waals surface area contributed by atoms with E-state index in [1.807, 2.05) is 0 Å². The van der Waals surface area contributed by atoms with Crippen LogP contribution in [0.3, 0.4) is 0 Å². The topological polar surface area (TPSA) is 86.2 Å². The van der Waals surface area contributed by atoms with E-state index in [0.29, 0.717) is 23.7 Å². The van der Waals surface area contributed by atoms with E-state index in [9.17, 15) is 43.5 Å². The third-order valence-electron chi connectivity index (χ3n) is 9.40. The molecule has 5 rings (SSSR count). The molecule has 18 heteroatoms. The van der Waals surface area contributed by atoms with E-state index in [1.165, 1.54) is 61.5 Å². The number of alkyl halides is 3. The van der Waals surface area contributed by atoms with Crippen LogP contribution >= 0.6 is 13.0 Å². The molecule has 0 aliphatic rings. The van der Waals surface area contributed by atoms with E-state index in [0.717, 1.165) is 24.3 Å². The Hall–Kier alpha value is -4.21. The predicted octanol–water partition coefficient (Wildman–Crippen LogP) is 15.3. The van der Waals surface area contributed by atoms with Gasteiger partial charge in [-0.3, -0.25) is 0 Å². The Morgan fingerprint density at radius 2 is 1.14 bits per heavy atom. The number of para-hydroxylation sites is 2. The van der Waals surface area contributed by atoms with Crippen molar-refractivity contribution in [3.63, 3.8) is 0 Å². The maximum atomic E-state index is 13.0. The average molecular weight is 1170 g/mol. The summed E-state index contributed by atoms with van der Waals surface area (Å²) in [5.74, 6) is 0.543. The monoisotopic (exact) mass is 1170 g/mol. The van der Waals surface area contributed by atoms with Gasteiger partial charge >= 0.3 is 221 Å². The van der Waals surface area contributed by atoms with Crippen molar-refractivity contribution >= 4 is 23.1 Å². The average Bonchev–Trinajstić information content (AvgIpc) is 3.63. The van der Waals surface area contributed by atoms with Gasteiger partial charge in [0, 0.05) is 12.5 Å². The van der Waals surface area contributed by atoms with Crippen molar-refractivity contribution in [2.75, 3.05) is 5.75 Å². The summed E-state index contributed by atoms with van der Waals surface area (Å²) in [6.45, 7) is 15.3. The van der Waals surface area contributed by atoms with Crippen molar-refractivity contribution in [3.05, 3.63) is 141 Å². The predicted molar refractivity (Wildman–Crippen MR) is 232 cm³/mol. The fraction of sp³-hybridized carbons (Fsp3) is 0.348. The molecule has 0 atom stereocenters. The molecule has 7 nitrogen and oxygen atoms in total. The molecule has 0 aliphatic carbocycles. The second-order valence-electron chi connectivity index (χ2n) is 15.4. The summed E-state index contributed by atoms with van der Waals surface area (Å²) < 4.78 is 132. The van der Waals surface area contributed by atoms with E-state index in [4.69, 9.17) is 14.2 Å². The quantitative estimate of drug-likeness (QED) is 0.0479. The zero-order chi connectivity index (χ0) is 48.1. The van der Waals surface area contributed by atoms with Crippen LogP contribution in [-0.2, 0) is 33.4 Å². The summed E-state index contributed by atoms with van der Waals surface area (Å²) in [6, 6.07) is 23.0. The van der Waals surface area contributed by atoms with Crippen LogP contribution in [-0.4, -0.2) is 23.3 Å². The Morgan fingerprint density at radius 3 is 1.53 bits per heavy atom. The first-order valence-electron chi connectivity index (χ1n) is 19.8. The Labute approximate surface area is 384 Å². The molecule has 0 fully saturated rings. The van der Waals surface area contributed by atoms with Crippen LogP contribution in [0.5, 0.6) is 17.2 Å². The van der Waals surface area contributed by atoms with Crippen molar-refractivity contribution in [1.82, 2.24) is 9.13 Å². The number of ether oxygens (including phenoxy) is 1. The van der Waals surface area contributed by atoms with Gasteiger partial charge in [0.25, 0.3) is 0 Å². The van der Waals surface area contributed by atoms with Crippen molar-refractivity contribution in [1.29, 1.82) is 5.26 Å². The van der Waals surface area contributed by atoms with Gasteiger partial charge in [-0.05, 0) is 24.3 Å². The first-order valence-corrected chi connectivity index (χ1v) is 27.2. The Bertz CT molecular complexity index is 2390. The minimum atomic E-state index is -4.76. The number of imidazole rings is 1. The molecule has 0 bridgehead atoms. The number of hydrogen-bond donors (Lipinski definition) is 0. The van der Waals surface area contributed by atoms with Crippen LogP contribution in [0, 0.1) is 28.1 Å². The van der Waals surface area contributed by atoms with Gasteiger partial charge in [-0.2, -0.15) is 26.9 Å². The number of nitrogens with zero attached hydrogens (tertiary/aromatic N) is 3. The summed E-state index contributed by atoms with van der Waals surface area (Å²) in [5.41, 5.74) is 6.49. The molecule has 1 heterocycles. The van der Waals surface area contributed by atoms with Gasteiger partial charge in [0.05, 0.1) is 11.3 Å². The van der Waals surface area contributed by atoms with Crippen LogP contribution in [0.1, 0.15) is 125 Å². The zero-order valence-electron chi connectivity index (χ0n) is 36.2. The molecule has 0 amide bonds. The number of benzene rings is 4. The van der Waals surface area contributed by atoms with Crippen molar-refractivity contribution in [2.24, 2.45) is 0 Å². The second-order valence-corrected chi connectivity index (χ2v) is 20.4. The fourth-order valence-corrected chi connectivity index (χ4v) is 10.6. The van der Waals surface area contributed by atoms with Gasteiger partial charge in [0.1, 0.15) is 28.9 Å². The Morgan fingerprint density at radius 1 is 0.719 bits per heavy atom. The first-order chi connectivity index (χ1) is 29.9. The Kier molecular flexibility index (Phi) is 20.6. The summed E-state index contributed by atoms with van der Waals surface area (Å²) in [6.07, 6.45) is -3.12. The van der Waals surface area contributed by atoms with Crippen molar-refractivity contribution in [3.8, 4) is 34.7 Å². The number of aromatic nitrogens is 2. The minimum absolute atomic E-state index is 0.0864. The maximum absolute atomic E-state index is 13.0. The molecule has 0 aliphatic heterocycles. The van der Waals surface area contributed by atoms with Gasteiger partial charge in [-0.15, -0.1) is 6.42 Å². The molecule has 1 aromatic heterocycles. The van der Waals surface area contributed by atoms with Crippen LogP contribution in [0.4, 0.5) is 35.1 Å². The molecular formula is C46H49AuBrF8N3O4S-2. The number of halogens is 9. The van der Waals surface area contributed by atoms with E-state index < -0.39 is 52.7 Å². The number of hydrogen-bond acceptors (Lipinski definition) is 5. The Balaban J connectivity index is 0.000000315. The van der Waals surface area contributed by atoms with E-state index in [-0.39, 0.29) is 40.8 Å². The van der Waals surface area contributed by atoms with Gasteiger partial charge in [0.2, 0.25) is 0 Å². The van der Waals surface area contributed by atoms with Gasteiger partial charge in [-0.25, -0.2) is 0 Å². The summed E-state index contributed by atoms with van der Waals surface area (Å²) in [5, 5.41) is 9.08. The third kappa shape index (κ3) is 15.2. The van der Waals surface area contributed by atoms with E-state index >= 15 is 0 Å². The maximum Gasteiger partial charge on any atom is 0.417 e. The minimum Gasteiger partial charge on any atom is -0.456 e. The van der Waals surface area contributed by atoms with Crippen LogP contribution in [0.2, 0.25) is 0 Å². The van der Waals surface area contributed by atoms with Gasteiger partial charge < -0.3 is 30.9 Å². The summed E-state index contributed by atoms with van der Waals surface area (Å²) in [4.78, 5) is 0. The van der Waals surface area contributed by atoms with Gasteiger partial charge in [-0.1, -0.05) is 18.6 Å². The molecular weight excluding hydrogens is 1120 g/mol. The molecule has 5 aromatic rings. The smallest absolute Gasteiger partial charge is 0.417 e.